The van der Waals surface area contributed by atoms with Crippen molar-refractivity contribution in [1.82, 2.24) is 15.1 Å². The number of piperazine rings is 1. The summed E-state index contributed by atoms with van der Waals surface area (Å²) in [6, 6.07) is 6.18. The zero-order valence-electron chi connectivity index (χ0n) is 16.0. The number of nitrogens with zero attached hydrogens (tertiary/aromatic N) is 2. The van der Waals surface area contributed by atoms with Gasteiger partial charge in [-0.2, -0.15) is 0 Å². The van der Waals surface area contributed by atoms with Crippen LogP contribution in [0.25, 0.3) is 0 Å². The van der Waals surface area contributed by atoms with Gasteiger partial charge in [0.05, 0.1) is 0 Å². The zero-order valence-corrected chi connectivity index (χ0v) is 16.0. The lowest BCUT2D eigenvalue weighted by Gasteiger charge is -2.34. The average molecular weight is 361 g/mol. The molecule has 0 unspecified atom stereocenters. The first-order valence-electron chi connectivity index (χ1n) is 9.70. The molecule has 0 bridgehead atoms. The van der Waals surface area contributed by atoms with Gasteiger partial charge in [-0.15, -0.1) is 0 Å². The molecule has 1 saturated heterocycles. The van der Waals surface area contributed by atoms with Gasteiger partial charge in [-0.25, -0.2) is 0 Å². The standard InChI is InChI=1S/C20H31N3O3/c1-16(2)5-7-21-20(24)6-8-22-9-11-23(12-10-22)14-17-3-4-18-19(13-17)26-15-25-18/h3-4,13,16H,5-12,14-15H2,1-2H3,(H,21,24). The van der Waals surface area contributed by atoms with Crippen molar-refractivity contribution < 1.29 is 14.3 Å². The number of hydrogen-bond acceptors (Lipinski definition) is 5. The van der Waals surface area contributed by atoms with Crippen LogP contribution in [0.3, 0.4) is 0 Å². The maximum Gasteiger partial charge on any atom is 0.231 e. The minimum absolute atomic E-state index is 0.174. The average Bonchev–Trinajstić information content (AvgIpc) is 3.08. The molecule has 6 heteroatoms. The summed E-state index contributed by atoms with van der Waals surface area (Å²) in [7, 11) is 0. The van der Waals surface area contributed by atoms with Crippen molar-refractivity contribution in [3.05, 3.63) is 23.8 Å². The second kappa shape index (κ2) is 9.24. The quantitative estimate of drug-likeness (QED) is 0.768. The highest BCUT2D eigenvalue weighted by atomic mass is 16.7. The Morgan fingerprint density at radius 3 is 2.62 bits per heavy atom. The summed E-state index contributed by atoms with van der Waals surface area (Å²) < 4.78 is 10.8. The molecular weight excluding hydrogens is 330 g/mol. The summed E-state index contributed by atoms with van der Waals surface area (Å²) in [5.74, 6) is 2.50. The van der Waals surface area contributed by atoms with Crippen molar-refractivity contribution in [1.29, 1.82) is 0 Å². The third-order valence-electron chi connectivity index (χ3n) is 5.01. The minimum Gasteiger partial charge on any atom is -0.454 e. The molecule has 0 aliphatic carbocycles. The van der Waals surface area contributed by atoms with Crippen LogP contribution in [0.1, 0.15) is 32.3 Å². The number of amides is 1. The topological polar surface area (TPSA) is 54.0 Å². The maximum absolute atomic E-state index is 11.9. The maximum atomic E-state index is 11.9. The van der Waals surface area contributed by atoms with Crippen LogP contribution >= 0.6 is 0 Å². The van der Waals surface area contributed by atoms with E-state index in [2.05, 4.69) is 41.1 Å². The van der Waals surface area contributed by atoms with Crippen molar-refractivity contribution in [2.24, 2.45) is 5.92 Å². The molecule has 2 aliphatic heterocycles. The minimum atomic E-state index is 0.174. The van der Waals surface area contributed by atoms with E-state index in [1.165, 1.54) is 5.56 Å². The molecular formula is C20H31N3O3. The van der Waals surface area contributed by atoms with Gasteiger partial charge in [-0.05, 0) is 30.0 Å². The molecule has 1 N–H and O–H groups in total. The lowest BCUT2D eigenvalue weighted by atomic mass is 10.1. The van der Waals surface area contributed by atoms with Gasteiger partial charge in [-0.3, -0.25) is 9.69 Å². The second-order valence-electron chi connectivity index (χ2n) is 7.59. The van der Waals surface area contributed by atoms with Crippen molar-refractivity contribution in [2.75, 3.05) is 46.1 Å². The van der Waals surface area contributed by atoms with E-state index >= 15 is 0 Å². The summed E-state index contributed by atoms with van der Waals surface area (Å²) in [4.78, 5) is 16.7. The Hall–Kier alpha value is -1.79. The number of hydrogen-bond donors (Lipinski definition) is 1. The number of fused-ring (bicyclic) bond motifs is 1. The highest BCUT2D eigenvalue weighted by Gasteiger charge is 2.19. The van der Waals surface area contributed by atoms with Gasteiger partial charge in [0.2, 0.25) is 12.7 Å². The van der Waals surface area contributed by atoms with Crippen LogP contribution in [0.5, 0.6) is 11.5 Å². The number of carbonyl (C=O) groups excluding carboxylic acids is 1. The predicted octanol–water partition coefficient (Wildman–Crippen LogP) is 2.09. The summed E-state index contributed by atoms with van der Waals surface area (Å²) >= 11 is 0. The Morgan fingerprint density at radius 2 is 1.85 bits per heavy atom. The first kappa shape index (κ1) is 19.0. The smallest absolute Gasteiger partial charge is 0.231 e. The van der Waals surface area contributed by atoms with Crippen LogP contribution < -0.4 is 14.8 Å². The third kappa shape index (κ3) is 5.61. The summed E-state index contributed by atoms with van der Waals surface area (Å²) in [6.45, 7) is 11.3. The number of ether oxygens (including phenoxy) is 2. The fourth-order valence-corrected chi connectivity index (χ4v) is 3.32. The molecule has 0 spiro atoms. The van der Waals surface area contributed by atoms with E-state index in [1.807, 2.05) is 6.07 Å². The van der Waals surface area contributed by atoms with Crippen LogP contribution in [0.15, 0.2) is 18.2 Å². The van der Waals surface area contributed by atoms with Crippen molar-refractivity contribution in [2.45, 2.75) is 33.2 Å². The van der Waals surface area contributed by atoms with E-state index in [9.17, 15) is 4.79 Å². The Balaban J connectivity index is 1.33. The van der Waals surface area contributed by atoms with Crippen molar-refractivity contribution in [3.63, 3.8) is 0 Å². The molecule has 0 saturated carbocycles. The first-order chi connectivity index (χ1) is 12.6. The molecule has 0 radical (unpaired) electrons. The molecule has 144 valence electrons. The van der Waals surface area contributed by atoms with Gasteiger partial charge in [0, 0.05) is 52.2 Å². The first-order valence-corrected chi connectivity index (χ1v) is 9.70. The summed E-state index contributed by atoms with van der Waals surface area (Å²) in [5.41, 5.74) is 1.26. The zero-order chi connectivity index (χ0) is 18.4. The number of nitrogens with one attached hydrogen (secondary N) is 1. The number of rotatable bonds is 8. The molecule has 3 rings (SSSR count). The second-order valence-corrected chi connectivity index (χ2v) is 7.59. The van der Waals surface area contributed by atoms with Crippen LogP contribution in [0, 0.1) is 5.92 Å². The van der Waals surface area contributed by atoms with Crippen molar-refractivity contribution >= 4 is 5.91 Å². The SMILES string of the molecule is CC(C)CCNC(=O)CCN1CCN(Cc2ccc3c(c2)OCO3)CC1. The van der Waals surface area contributed by atoms with E-state index in [1.54, 1.807) is 0 Å². The normalized spacial score (nSPS) is 17.7. The van der Waals surface area contributed by atoms with Gasteiger partial charge in [0.15, 0.2) is 11.5 Å². The highest BCUT2D eigenvalue weighted by Crippen LogP contribution is 2.32. The monoisotopic (exact) mass is 361 g/mol. The predicted molar refractivity (Wildman–Crippen MR) is 101 cm³/mol. The molecule has 2 heterocycles. The molecule has 2 aliphatic rings. The van der Waals surface area contributed by atoms with E-state index in [4.69, 9.17) is 9.47 Å². The van der Waals surface area contributed by atoms with Gasteiger partial charge < -0.3 is 19.7 Å². The van der Waals surface area contributed by atoms with Crippen LogP contribution in [-0.2, 0) is 11.3 Å². The fourth-order valence-electron chi connectivity index (χ4n) is 3.32. The summed E-state index contributed by atoms with van der Waals surface area (Å²) in [5, 5.41) is 3.02. The van der Waals surface area contributed by atoms with E-state index < -0.39 is 0 Å². The lowest BCUT2D eigenvalue weighted by Crippen LogP contribution is -2.46. The summed E-state index contributed by atoms with van der Waals surface area (Å²) in [6.07, 6.45) is 1.64. The lowest BCUT2D eigenvalue weighted by molar-refractivity contribution is -0.121. The molecule has 1 amide bonds. The molecule has 0 atom stereocenters. The Bertz CT molecular complexity index is 598. The van der Waals surface area contributed by atoms with Gasteiger partial charge >= 0.3 is 0 Å². The fraction of sp³-hybridized carbons (Fsp3) is 0.650. The Kier molecular flexibility index (Phi) is 6.74. The molecule has 26 heavy (non-hydrogen) atoms. The number of benzene rings is 1. The number of carbonyl (C=O) groups is 1. The van der Waals surface area contributed by atoms with Crippen LogP contribution in [-0.4, -0.2) is 61.8 Å². The van der Waals surface area contributed by atoms with E-state index in [0.717, 1.165) is 63.7 Å². The molecule has 1 fully saturated rings. The van der Waals surface area contributed by atoms with Gasteiger partial charge in [-0.1, -0.05) is 19.9 Å². The Labute approximate surface area is 156 Å². The Morgan fingerprint density at radius 1 is 1.12 bits per heavy atom. The molecule has 6 nitrogen and oxygen atoms in total. The van der Waals surface area contributed by atoms with Gasteiger partial charge in [0.1, 0.15) is 0 Å². The van der Waals surface area contributed by atoms with E-state index in [-0.39, 0.29) is 5.91 Å². The molecule has 1 aromatic carbocycles. The third-order valence-corrected chi connectivity index (χ3v) is 5.01. The largest absolute Gasteiger partial charge is 0.454 e. The van der Waals surface area contributed by atoms with Gasteiger partial charge in [0.25, 0.3) is 0 Å². The van der Waals surface area contributed by atoms with Crippen LogP contribution in [0.2, 0.25) is 0 Å². The van der Waals surface area contributed by atoms with Crippen LogP contribution in [0.4, 0.5) is 0 Å². The van der Waals surface area contributed by atoms with E-state index in [0.29, 0.717) is 19.1 Å². The molecule has 0 aromatic heterocycles. The highest BCUT2D eigenvalue weighted by molar-refractivity contribution is 5.76. The molecule has 1 aromatic rings. The van der Waals surface area contributed by atoms with Crippen molar-refractivity contribution in [3.8, 4) is 11.5 Å².